The molecule has 0 aliphatic rings. The summed E-state index contributed by atoms with van der Waals surface area (Å²) in [5.74, 6) is -0.288. The van der Waals surface area contributed by atoms with E-state index in [1.165, 1.54) is 0 Å². The minimum Gasteiger partial charge on any atom is -0.374 e. The van der Waals surface area contributed by atoms with Crippen LogP contribution in [0.1, 0.15) is 20.3 Å². The molecule has 1 atom stereocenters. The molecule has 5 heteroatoms. The van der Waals surface area contributed by atoms with Gasteiger partial charge in [-0.1, -0.05) is 13.8 Å². The third kappa shape index (κ3) is 7.25. The van der Waals surface area contributed by atoms with Gasteiger partial charge in [-0.3, -0.25) is 4.79 Å². The van der Waals surface area contributed by atoms with E-state index in [0.29, 0.717) is 19.4 Å². The van der Waals surface area contributed by atoms with Gasteiger partial charge in [0.2, 0.25) is 5.91 Å². The number of hydrogen-bond donors (Lipinski definition) is 1. The quantitative estimate of drug-likeness (QED) is 0.663. The van der Waals surface area contributed by atoms with E-state index in [9.17, 15) is 4.79 Å². The highest BCUT2D eigenvalue weighted by molar-refractivity contribution is 7.51. The first-order valence-corrected chi connectivity index (χ1v) is 6.38. The molecule has 0 saturated heterocycles. The van der Waals surface area contributed by atoms with Crippen LogP contribution in [0.5, 0.6) is 0 Å². The Kier molecular flexibility index (Phi) is 6.25. The van der Waals surface area contributed by atoms with Crippen molar-refractivity contribution in [3.8, 4) is 0 Å². The highest BCUT2D eigenvalue weighted by Gasteiger charge is 2.21. The van der Waals surface area contributed by atoms with Crippen molar-refractivity contribution in [2.24, 2.45) is 11.1 Å². The maximum Gasteiger partial charge on any atom is 0.218 e. The van der Waals surface area contributed by atoms with Gasteiger partial charge in [0.05, 0.1) is 21.1 Å². The number of primary amides is 1. The number of rotatable bonds is 7. The number of carbonyl (C=O) groups is 1. The Labute approximate surface area is 87.0 Å². The molecule has 0 aliphatic carbocycles. The summed E-state index contributed by atoms with van der Waals surface area (Å²) in [4.78, 5) is 10.7. The first kappa shape index (κ1) is 13.8. The molecule has 84 valence electrons. The molecule has 0 fully saturated rings. The van der Waals surface area contributed by atoms with E-state index in [-0.39, 0.29) is 11.3 Å². The third-order valence-electron chi connectivity index (χ3n) is 1.73. The van der Waals surface area contributed by atoms with E-state index in [4.69, 9.17) is 15.0 Å². The normalized spacial score (nSPS) is 14.0. The van der Waals surface area contributed by atoms with Crippen molar-refractivity contribution in [3.63, 3.8) is 0 Å². The first-order chi connectivity index (χ1) is 6.37. The summed E-state index contributed by atoms with van der Waals surface area (Å²) in [7, 11) is 1.18. The molecule has 0 spiro atoms. The van der Waals surface area contributed by atoms with Gasteiger partial charge in [0.1, 0.15) is 0 Å². The number of nitrogens with two attached hydrogens (primary N) is 1. The van der Waals surface area contributed by atoms with Gasteiger partial charge >= 0.3 is 0 Å². The van der Waals surface area contributed by atoms with Crippen LogP contribution in [0.2, 0.25) is 0 Å². The second-order valence-corrected chi connectivity index (χ2v) is 5.97. The summed E-state index contributed by atoms with van der Waals surface area (Å²) >= 11 is 0. The summed E-state index contributed by atoms with van der Waals surface area (Å²) in [6.07, 6.45) is 0.954. The van der Waals surface area contributed by atoms with Crippen LogP contribution in [0.3, 0.4) is 0 Å². The number of ether oxygens (including phenoxy) is 1. The number of amides is 1. The van der Waals surface area contributed by atoms with Crippen molar-refractivity contribution in [1.82, 2.24) is 0 Å². The molecule has 0 heterocycles. The topological polar surface area (TPSA) is 61.6 Å². The molecule has 0 aromatic rings. The zero-order valence-electron chi connectivity index (χ0n) is 9.37. The first-order valence-electron chi connectivity index (χ1n) is 4.49. The number of carbonyl (C=O) groups excluding carboxylic acids is 1. The summed E-state index contributed by atoms with van der Waals surface area (Å²) in [6.45, 7) is 6.45. The van der Waals surface area contributed by atoms with Crippen LogP contribution >= 0.6 is 8.15 Å². The van der Waals surface area contributed by atoms with Gasteiger partial charge in [0, 0.05) is 13.5 Å². The summed E-state index contributed by atoms with van der Waals surface area (Å²) in [5, 5.41) is 0. The van der Waals surface area contributed by atoms with E-state index in [2.05, 4.69) is 0 Å². The average molecular weight is 221 g/mol. The van der Waals surface area contributed by atoms with Crippen LogP contribution in [-0.2, 0) is 14.1 Å². The van der Waals surface area contributed by atoms with E-state index in [0.717, 1.165) is 0 Å². The largest absolute Gasteiger partial charge is 0.374 e. The zero-order chi connectivity index (χ0) is 11.2. The standard InChI is InChI=1S/C9H20NO3P/c1-9(2,5-8(10)11)6-13-7-14(4)12-3/h5-7H2,1-4H3,(H2,10,11). The molecule has 0 radical (unpaired) electrons. The summed E-state index contributed by atoms with van der Waals surface area (Å²) in [5.41, 5.74) is 4.94. The van der Waals surface area contributed by atoms with Crippen LogP contribution < -0.4 is 5.73 Å². The lowest BCUT2D eigenvalue weighted by Gasteiger charge is -2.23. The Hall–Kier alpha value is -0.180. The maximum absolute atomic E-state index is 10.7. The van der Waals surface area contributed by atoms with E-state index >= 15 is 0 Å². The highest BCUT2D eigenvalue weighted by atomic mass is 31.1. The van der Waals surface area contributed by atoms with E-state index in [1.54, 1.807) is 7.11 Å². The molecule has 2 N–H and O–H groups in total. The molecular weight excluding hydrogens is 201 g/mol. The fourth-order valence-corrected chi connectivity index (χ4v) is 1.48. The van der Waals surface area contributed by atoms with Crippen molar-refractivity contribution in [2.75, 3.05) is 26.7 Å². The predicted molar refractivity (Wildman–Crippen MR) is 58.3 cm³/mol. The lowest BCUT2D eigenvalue weighted by atomic mass is 9.90. The molecule has 14 heavy (non-hydrogen) atoms. The highest BCUT2D eigenvalue weighted by Crippen LogP contribution is 2.31. The minimum absolute atomic E-state index is 0.185. The van der Waals surface area contributed by atoms with Gasteiger partial charge in [-0.15, -0.1) is 0 Å². The van der Waals surface area contributed by atoms with Crippen molar-refractivity contribution in [2.45, 2.75) is 20.3 Å². The van der Waals surface area contributed by atoms with Crippen LogP contribution in [0, 0.1) is 5.41 Å². The Bertz CT molecular complexity index is 185. The number of hydrogen-bond acceptors (Lipinski definition) is 3. The van der Waals surface area contributed by atoms with Crippen LogP contribution in [0.25, 0.3) is 0 Å². The van der Waals surface area contributed by atoms with Crippen LogP contribution in [0.4, 0.5) is 0 Å². The summed E-state index contributed by atoms with van der Waals surface area (Å²) in [6, 6.07) is 0. The van der Waals surface area contributed by atoms with Gasteiger partial charge in [-0.25, -0.2) is 0 Å². The Morgan fingerprint density at radius 1 is 1.50 bits per heavy atom. The predicted octanol–water partition coefficient (Wildman–Crippen LogP) is 1.54. The molecule has 0 aliphatic heterocycles. The molecule has 0 aromatic heterocycles. The summed E-state index contributed by atoms with van der Waals surface area (Å²) < 4.78 is 10.5. The van der Waals surface area contributed by atoms with Crippen molar-refractivity contribution >= 4 is 14.1 Å². The molecule has 0 aromatic carbocycles. The van der Waals surface area contributed by atoms with E-state index < -0.39 is 8.15 Å². The Morgan fingerprint density at radius 2 is 2.07 bits per heavy atom. The van der Waals surface area contributed by atoms with Gasteiger partial charge in [0.25, 0.3) is 0 Å². The fourth-order valence-electron chi connectivity index (χ4n) is 1.03. The monoisotopic (exact) mass is 221 g/mol. The van der Waals surface area contributed by atoms with Crippen LogP contribution in [0.15, 0.2) is 0 Å². The van der Waals surface area contributed by atoms with Gasteiger partial charge < -0.3 is 15.0 Å². The zero-order valence-corrected chi connectivity index (χ0v) is 10.3. The van der Waals surface area contributed by atoms with Crippen LogP contribution in [-0.4, -0.2) is 32.6 Å². The minimum atomic E-state index is -0.490. The van der Waals surface area contributed by atoms with Crippen molar-refractivity contribution < 1.29 is 14.1 Å². The molecule has 4 nitrogen and oxygen atoms in total. The molecular formula is C9H20NO3P. The molecule has 1 unspecified atom stereocenters. The van der Waals surface area contributed by atoms with Gasteiger partial charge in [-0.2, -0.15) is 0 Å². The molecule has 0 bridgehead atoms. The SMILES string of the molecule is COP(C)COCC(C)(C)CC(N)=O. The van der Waals surface area contributed by atoms with Gasteiger partial charge in [0.15, 0.2) is 0 Å². The second-order valence-electron chi connectivity index (χ2n) is 4.10. The lowest BCUT2D eigenvalue weighted by molar-refractivity contribution is -0.120. The Balaban J connectivity index is 3.70. The fraction of sp³-hybridized carbons (Fsp3) is 0.889. The lowest BCUT2D eigenvalue weighted by Crippen LogP contribution is -2.27. The second kappa shape index (κ2) is 6.33. The molecule has 0 rings (SSSR count). The smallest absolute Gasteiger partial charge is 0.218 e. The van der Waals surface area contributed by atoms with Crippen molar-refractivity contribution in [3.05, 3.63) is 0 Å². The molecule has 0 saturated carbocycles. The third-order valence-corrected chi connectivity index (χ3v) is 2.90. The Morgan fingerprint density at radius 3 is 2.50 bits per heavy atom. The van der Waals surface area contributed by atoms with Crippen molar-refractivity contribution in [1.29, 1.82) is 0 Å². The maximum atomic E-state index is 10.7. The molecule has 1 amide bonds. The van der Waals surface area contributed by atoms with E-state index in [1.807, 2.05) is 20.5 Å². The average Bonchev–Trinajstić information content (AvgIpc) is 2.01. The van der Waals surface area contributed by atoms with Gasteiger partial charge in [-0.05, 0) is 12.1 Å².